The van der Waals surface area contributed by atoms with E-state index in [1.165, 1.54) is 11.6 Å². The minimum atomic E-state index is -3.82. The molecule has 0 aromatic carbocycles. The van der Waals surface area contributed by atoms with Gasteiger partial charge in [-0.3, -0.25) is 9.48 Å². The van der Waals surface area contributed by atoms with Gasteiger partial charge in [0.05, 0.1) is 22.2 Å². The number of nitrogens with zero attached hydrogens (tertiary/aromatic N) is 2. The summed E-state index contributed by atoms with van der Waals surface area (Å²) in [6.45, 7) is 5.72. The molecular weight excluding hydrogens is 304 g/mol. The van der Waals surface area contributed by atoms with E-state index < -0.39 is 26.8 Å². The quantitative estimate of drug-likeness (QED) is 0.828. The Morgan fingerprint density at radius 3 is 2.40 bits per heavy atom. The number of hydrogen-bond donors (Lipinski definition) is 1. The number of rotatable bonds is 7. The molecule has 8 heteroatoms. The maximum Gasteiger partial charge on any atom is 0.321 e. The third-order valence-electron chi connectivity index (χ3n) is 3.11. The van der Waals surface area contributed by atoms with Crippen LogP contribution in [-0.2, 0) is 33.4 Å². The molecule has 114 valence electrons. The first-order valence-electron chi connectivity index (χ1n) is 6.46. The smallest absolute Gasteiger partial charge is 0.321 e. The molecule has 20 heavy (non-hydrogen) atoms. The Morgan fingerprint density at radius 2 is 2.00 bits per heavy atom. The number of aryl methyl sites for hydroxylation is 2. The van der Waals surface area contributed by atoms with E-state index in [-0.39, 0.29) is 6.42 Å². The summed E-state index contributed by atoms with van der Waals surface area (Å²) < 4.78 is 25.9. The largest absolute Gasteiger partial charge is 0.480 e. The number of carboxylic acids is 1. The van der Waals surface area contributed by atoms with E-state index in [1.807, 2.05) is 13.8 Å². The molecule has 0 amide bonds. The standard InChI is InChI=1S/C12H19ClN2O4S/c1-4-8-11(13)9(15(6-3)14-8)7-20(18,19)10(5-2)12(16)17/h10H,4-7H2,1-3H3,(H,16,17). The lowest BCUT2D eigenvalue weighted by Gasteiger charge is -2.12. The van der Waals surface area contributed by atoms with E-state index >= 15 is 0 Å². The molecule has 1 unspecified atom stereocenters. The number of hydrogen-bond acceptors (Lipinski definition) is 4. The fourth-order valence-electron chi connectivity index (χ4n) is 2.03. The first-order chi connectivity index (χ1) is 9.28. The molecule has 0 fully saturated rings. The van der Waals surface area contributed by atoms with Crippen molar-refractivity contribution in [3.8, 4) is 0 Å². The molecule has 6 nitrogen and oxygen atoms in total. The van der Waals surface area contributed by atoms with E-state index in [2.05, 4.69) is 5.10 Å². The van der Waals surface area contributed by atoms with Crippen LogP contribution < -0.4 is 0 Å². The first kappa shape index (κ1) is 17.0. The first-order valence-corrected chi connectivity index (χ1v) is 8.56. The van der Waals surface area contributed by atoms with Gasteiger partial charge in [0.2, 0.25) is 0 Å². The highest BCUT2D eigenvalue weighted by atomic mass is 35.5. The van der Waals surface area contributed by atoms with E-state index in [0.29, 0.717) is 29.4 Å². The molecule has 1 heterocycles. The summed E-state index contributed by atoms with van der Waals surface area (Å²) in [6, 6.07) is 0. The van der Waals surface area contributed by atoms with Crippen molar-refractivity contribution in [2.24, 2.45) is 0 Å². The number of aromatic nitrogens is 2. The van der Waals surface area contributed by atoms with Crippen LogP contribution in [0.25, 0.3) is 0 Å². The zero-order chi connectivity index (χ0) is 15.5. The van der Waals surface area contributed by atoms with Crippen LogP contribution in [-0.4, -0.2) is 34.5 Å². The van der Waals surface area contributed by atoms with Crippen molar-refractivity contribution in [2.45, 2.75) is 51.2 Å². The van der Waals surface area contributed by atoms with E-state index in [9.17, 15) is 13.2 Å². The predicted octanol–water partition coefficient (Wildman–Crippen LogP) is 1.90. The monoisotopic (exact) mass is 322 g/mol. The molecular formula is C12H19ClN2O4S. The van der Waals surface area contributed by atoms with Crippen LogP contribution in [0.2, 0.25) is 5.02 Å². The van der Waals surface area contributed by atoms with E-state index in [4.69, 9.17) is 16.7 Å². The molecule has 1 rings (SSSR count). The lowest BCUT2D eigenvalue weighted by Crippen LogP contribution is -2.31. The van der Waals surface area contributed by atoms with Crippen molar-refractivity contribution in [3.63, 3.8) is 0 Å². The molecule has 1 atom stereocenters. The van der Waals surface area contributed by atoms with Crippen molar-refractivity contribution in [3.05, 3.63) is 16.4 Å². The van der Waals surface area contributed by atoms with Gasteiger partial charge in [-0.15, -0.1) is 0 Å². The summed E-state index contributed by atoms with van der Waals surface area (Å²) >= 11 is 6.15. The average Bonchev–Trinajstić information content (AvgIpc) is 2.65. The van der Waals surface area contributed by atoms with Crippen molar-refractivity contribution in [2.75, 3.05) is 0 Å². The molecule has 0 saturated carbocycles. The van der Waals surface area contributed by atoms with Crippen molar-refractivity contribution in [1.29, 1.82) is 0 Å². The molecule has 0 aliphatic rings. The minimum Gasteiger partial charge on any atom is -0.480 e. The normalized spacial score (nSPS) is 13.4. The second-order valence-electron chi connectivity index (χ2n) is 4.42. The summed E-state index contributed by atoms with van der Waals surface area (Å²) in [5.74, 6) is -1.74. The van der Waals surface area contributed by atoms with Crippen LogP contribution in [0.4, 0.5) is 0 Å². The average molecular weight is 323 g/mol. The highest BCUT2D eigenvalue weighted by Gasteiger charge is 2.33. The van der Waals surface area contributed by atoms with Crippen molar-refractivity contribution in [1.82, 2.24) is 9.78 Å². The number of sulfone groups is 1. The van der Waals surface area contributed by atoms with Gasteiger partial charge in [0.25, 0.3) is 0 Å². The van der Waals surface area contributed by atoms with Crippen LogP contribution in [0.3, 0.4) is 0 Å². The Kier molecular flexibility index (Phi) is 5.59. The van der Waals surface area contributed by atoms with Gasteiger partial charge in [0.1, 0.15) is 0 Å². The summed E-state index contributed by atoms with van der Waals surface area (Å²) in [4.78, 5) is 11.0. The van der Waals surface area contributed by atoms with Gasteiger partial charge in [-0.05, 0) is 19.8 Å². The van der Waals surface area contributed by atoms with Crippen LogP contribution >= 0.6 is 11.6 Å². The van der Waals surface area contributed by atoms with Crippen LogP contribution in [0.5, 0.6) is 0 Å². The Balaban J connectivity index is 3.21. The number of halogens is 1. The van der Waals surface area contributed by atoms with Gasteiger partial charge in [0, 0.05) is 6.54 Å². The van der Waals surface area contributed by atoms with Gasteiger partial charge in [-0.2, -0.15) is 5.10 Å². The summed E-state index contributed by atoms with van der Waals surface area (Å²) in [5, 5.41) is 12.1. The summed E-state index contributed by atoms with van der Waals surface area (Å²) in [6.07, 6.45) is 0.616. The molecule has 0 aliphatic carbocycles. The Hall–Kier alpha value is -1.08. The third kappa shape index (κ3) is 3.32. The highest BCUT2D eigenvalue weighted by molar-refractivity contribution is 7.92. The van der Waals surface area contributed by atoms with Crippen molar-refractivity contribution < 1.29 is 18.3 Å². The topological polar surface area (TPSA) is 89.3 Å². The van der Waals surface area contributed by atoms with E-state index in [0.717, 1.165) is 0 Å². The maximum atomic E-state index is 12.2. The molecule has 1 N–H and O–H groups in total. The molecule has 1 aromatic heterocycles. The van der Waals surface area contributed by atoms with Gasteiger partial charge in [-0.1, -0.05) is 25.4 Å². The number of carbonyl (C=O) groups is 1. The van der Waals surface area contributed by atoms with Gasteiger partial charge >= 0.3 is 5.97 Å². The molecule has 0 aliphatic heterocycles. The van der Waals surface area contributed by atoms with Gasteiger partial charge < -0.3 is 5.11 Å². The molecule has 0 radical (unpaired) electrons. The zero-order valence-corrected chi connectivity index (χ0v) is 13.3. The summed E-state index contributed by atoms with van der Waals surface area (Å²) in [7, 11) is -3.82. The molecule has 0 bridgehead atoms. The van der Waals surface area contributed by atoms with Crippen LogP contribution in [0, 0.1) is 0 Å². The maximum absolute atomic E-state index is 12.2. The Bertz CT molecular complexity index is 595. The Morgan fingerprint density at radius 1 is 1.40 bits per heavy atom. The lowest BCUT2D eigenvalue weighted by molar-refractivity contribution is -0.136. The summed E-state index contributed by atoms with van der Waals surface area (Å²) in [5.41, 5.74) is 0.993. The second kappa shape index (κ2) is 6.58. The predicted molar refractivity (Wildman–Crippen MR) is 76.6 cm³/mol. The lowest BCUT2D eigenvalue weighted by atomic mass is 10.3. The third-order valence-corrected chi connectivity index (χ3v) is 5.63. The molecule has 1 aromatic rings. The van der Waals surface area contributed by atoms with E-state index in [1.54, 1.807) is 0 Å². The van der Waals surface area contributed by atoms with Crippen LogP contribution in [0.15, 0.2) is 0 Å². The number of aliphatic carboxylic acids is 1. The minimum absolute atomic E-state index is 0.0240. The fraction of sp³-hybridized carbons (Fsp3) is 0.667. The molecule has 0 spiro atoms. The van der Waals surface area contributed by atoms with Gasteiger partial charge in [0.15, 0.2) is 15.1 Å². The van der Waals surface area contributed by atoms with Gasteiger partial charge in [-0.25, -0.2) is 8.42 Å². The second-order valence-corrected chi connectivity index (χ2v) is 6.98. The highest BCUT2D eigenvalue weighted by Crippen LogP contribution is 2.25. The van der Waals surface area contributed by atoms with Crippen molar-refractivity contribution >= 4 is 27.4 Å². The van der Waals surface area contributed by atoms with Crippen LogP contribution in [0.1, 0.15) is 38.6 Å². The Labute approximate surface area is 123 Å². The zero-order valence-electron chi connectivity index (χ0n) is 11.8. The molecule has 0 saturated heterocycles. The number of carboxylic acid groups (broad SMARTS) is 1. The SMILES string of the molecule is CCc1nn(CC)c(CS(=O)(=O)C(CC)C(=O)O)c1Cl. The fourth-order valence-corrected chi connectivity index (χ4v) is 4.13.